The quantitative estimate of drug-likeness (QED) is 0.667. The lowest BCUT2D eigenvalue weighted by atomic mass is 9.94. The SMILES string of the molecule is O=[N+]([O-])c1cnc(NCC2NCCc3ccccc32)s1. The van der Waals surface area contributed by atoms with Crippen molar-refractivity contribution < 1.29 is 4.92 Å². The minimum Gasteiger partial charge on any atom is -0.359 e. The second-order valence-electron chi connectivity index (χ2n) is 4.60. The molecule has 6 nitrogen and oxygen atoms in total. The number of benzene rings is 1. The maximum atomic E-state index is 10.6. The second kappa shape index (κ2) is 5.56. The lowest BCUT2D eigenvalue weighted by molar-refractivity contribution is -0.380. The number of hydrogen-bond acceptors (Lipinski definition) is 6. The van der Waals surface area contributed by atoms with E-state index in [2.05, 4.69) is 33.8 Å². The molecule has 2 aromatic rings. The van der Waals surface area contributed by atoms with Gasteiger partial charge in [-0.1, -0.05) is 24.3 Å². The van der Waals surface area contributed by atoms with E-state index in [0.29, 0.717) is 11.7 Å². The van der Waals surface area contributed by atoms with E-state index in [0.717, 1.165) is 24.3 Å². The Hall–Kier alpha value is -1.99. The Morgan fingerprint density at radius 1 is 1.50 bits per heavy atom. The average Bonchev–Trinajstić information content (AvgIpc) is 2.94. The van der Waals surface area contributed by atoms with E-state index in [9.17, 15) is 10.1 Å². The molecule has 0 radical (unpaired) electrons. The molecule has 1 unspecified atom stereocenters. The third kappa shape index (κ3) is 2.63. The van der Waals surface area contributed by atoms with Crippen LogP contribution in [0.15, 0.2) is 30.5 Å². The first-order chi connectivity index (χ1) is 9.74. The fourth-order valence-corrected chi connectivity index (χ4v) is 3.04. The number of hydrogen-bond donors (Lipinski definition) is 2. The highest BCUT2D eigenvalue weighted by Crippen LogP contribution is 2.27. The molecule has 0 bridgehead atoms. The molecule has 1 aliphatic rings. The van der Waals surface area contributed by atoms with E-state index >= 15 is 0 Å². The normalized spacial score (nSPS) is 17.5. The summed E-state index contributed by atoms with van der Waals surface area (Å²) >= 11 is 1.06. The van der Waals surface area contributed by atoms with Crippen molar-refractivity contribution in [2.24, 2.45) is 0 Å². The summed E-state index contributed by atoms with van der Waals surface area (Å²) in [5, 5.41) is 17.9. The van der Waals surface area contributed by atoms with Crippen molar-refractivity contribution in [3.63, 3.8) is 0 Å². The fourth-order valence-electron chi connectivity index (χ4n) is 2.40. The highest BCUT2D eigenvalue weighted by molar-refractivity contribution is 7.18. The van der Waals surface area contributed by atoms with Gasteiger partial charge in [0, 0.05) is 12.6 Å². The Balaban J connectivity index is 1.68. The Bertz CT molecular complexity index is 628. The van der Waals surface area contributed by atoms with Crippen LogP contribution in [-0.4, -0.2) is 23.0 Å². The standard InChI is InChI=1S/C13H14N4O2S/c18-17(19)12-8-16-13(20-12)15-7-11-10-4-2-1-3-9(10)5-6-14-11/h1-4,8,11,14H,5-7H2,(H,15,16). The molecule has 3 rings (SSSR count). The Kier molecular flexibility index (Phi) is 3.62. The van der Waals surface area contributed by atoms with Crippen molar-refractivity contribution in [3.05, 3.63) is 51.7 Å². The zero-order valence-corrected chi connectivity index (χ0v) is 11.5. The molecular formula is C13H14N4O2S. The second-order valence-corrected chi connectivity index (χ2v) is 5.61. The lowest BCUT2D eigenvalue weighted by Crippen LogP contribution is -2.34. The smallest absolute Gasteiger partial charge is 0.345 e. The minimum absolute atomic E-state index is 0.0597. The summed E-state index contributed by atoms with van der Waals surface area (Å²) in [6.07, 6.45) is 2.32. The van der Waals surface area contributed by atoms with Crippen LogP contribution < -0.4 is 10.6 Å². The minimum atomic E-state index is -0.420. The van der Waals surface area contributed by atoms with Crippen LogP contribution in [0, 0.1) is 10.1 Å². The molecule has 104 valence electrons. The number of fused-ring (bicyclic) bond motifs is 1. The number of rotatable bonds is 4. The number of nitro groups is 1. The molecular weight excluding hydrogens is 276 g/mol. The summed E-state index contributed by atoms with van der Waals surface area (Å²) in [4.78, 5) is 14.2. The molecule has 1 aromatic heterocycles. The van der Waals surface area contributed by atoms with E-state index in [1.165, 1.54) is 17.3 Å². The Morgan fingerprint density at radius 2 is 2.35 bits per heavy atom. The third-order valence-corrected chi connectivity index (χ3v) is 4.25. The highest BCUT2D eigenvalue weighted by atomic mass is 32.1. The lowest BCUT2D eigenvalue weighted by Gasteiger charge is -2.26. The van der Waals surface area contributed by atoms with Crippen molar-refractivity contribution in [2.45, 2.75) is 12.5 Å². The van der Waals surface area contributed by atoms with Crippen molar-refractivity contribution in [3.8, 4) is 0 Å². The molecule has 2 N–H and O–H groups in total. The van der Waals surface area contributed by atoms with Crippen LogP contribution in [0.25, 0.3) is 0 Å². The number of anilines is 1. The van der Waals surface area contributed by atoms with E-state index < -0.39 is 4.92 Å². The molecule has 20 heavy (non-hydrogen) atoms. The van der Waals surface area contributed by atoms with Crippen LogP contribution in [0.3, 0.4) is 0 Å². The average molecular weight is 290 g/mol. The molecule has 1 aliphatic heterocycles. The summed E-state index contributed by atoms with van der Waals surface area (Å²) in [5.41, 5.74) is 2.65. The first kappa shape index (κ1) is 13.0. The molecule has 1 aromatic carbocycles. The van der Waals surface area contributed by atoms with E-state index in [1.54, 1.807) is 0 Å². The Labute approximate surface area is 120 Å². The number of nitrogens with zero attached hydrogens (tertiary/aromatic N) is 2. The molecule has 0 aliphatic carbocycles. The van der Waals surface area contributed by atoms with E-state index in [1.807, 2.05) is 6.07 Å². The van der Waals surface area contributed by atoms with E-state index in [-0.39, 0.29) is 11.0 Å². The van der Waals surface area contributed by atoms with Crippen molar-refractivity contribution in [1.29, 1.82) is 0 Å². The monoisotopic (exact) mass is 290 g/mol. The van der Waals surface area contributed by atoms with Crippen molar-refractivity contribution in [2.75, 3.05) is 18.4 Å². The highest BCUT2D eigenvalue weighted by Gasteiger charge is 2.19. The number of thiazole rings is 1. The zero-order chi connectivity index (χ0) is 13.9. The number of nitrogens with one attached hydrogen (secondary N) is 2. The maximum absolute atomic E-state index is 10.6. The molecule has 1 atom stereocenters. The van der Waals surface area contributed by atoms with Gasteiger partial charge in [-0.25, -0.2) is 4.98 Å². The van der Waals surface area contributed by atoms with Gasteiger partial charge in [-0.2, -0.15) is 0 Å². The van der Waals surface area contributed by atoms with Gasteiger partial charge >= 0.3 is 5.00 Å². The third-order valence-electron chi connectivity index (χ3n) is 3.35. The largest absolute Gasteiger partial charge is 0.359 e. The van der Waals surface area contributed by atoms with Crippen LogP contribution in [0.1, 0.15) is 17.2 Å². The molecule has 0 saturated carbocycles. The molecule has 0 amide bonds. The molecule has 2 heterocycles. The topological polar surface area (TPSA) is 80.1 Å². The van der Waals surface area contributed by atoms with Gasteiger partial charge in [-0.3, -0.25) is 10.1 Å². The van der Waals surface area contributed by atoms with Crippen LogP contribution in [0.4, 0.5) is 10.1 Å². The van der Waals surface area contributed by atoms with Crippen LogP contribution in [0.2, 0.25) is 0 Å². The predicted molar refractivity (Wildman–Crippen MR) is 78.1 cm³/mol. The molecule has 0 fully saturated rings. The van der Waals surface area contributed by atoms with E-state index in [4.69, 9.17) is 0 Å². The predicted octanol–water partition coefficient (Wildman–Crippen LogP) is 2.35. The molecule has 0 saturated heterocycles. The molecule has 0 spiro atoms. The first-order valence-electron chi connectivity index (χ1n) is 6.39. The Morgan fingerprint density at radius 3 is 3.15 bits per heavy atom. The van der Waals surface area contributed by atoms with Gasteiger partial charge in [-0.05, 0) is 35.4 Å². The van der Waals surface area contributed by atoms with Gasteiger partial charge < -0.3 is 10.6 Å². The molecule has 7 heteroatoms. The van der Waals surface area contributed by atoms with Crippen LogP contribution in [-0.2, 0) is 6.42 Å². The van der Waals surface area contributed by atoms with Crippen LogP contribution >= 0.6 is 11.3 Å². The summed E-state index contributed by atoms with van der Waals surface area (Å²) in [6.45, 7) is 1.61. The van der Waals surface area contributed by atoms with Gasteiger partial charge in [0.15, 0.2) is 5.13 Å². The van der Waals surface area contributed by atoms with Crippen LogP contribution in [0.5, 0.6) is 0 Å². The summed E-state index contributed by atoms with van der Waals surface area (Å²) in [5.74, 6) is 0. The summed E-state index contributed by atoms with van der Waals surface area (Å²) in [6, 6.07) is 8.57. The van der Waals surface area contributed by atoms with Crippen molar-refractivity contribution >= 4 is 21.5 Å². The van der Waals surface area contributed by atoms with Gasteiger partial charge in [0.25, 0.3) is 0 Å². The van der Waals surface area contributed by atoms with Crippen molar-refractivity contribution in [1.82, 2.24) is 10.3 Å². The van der Waals surface area contributed by atoms with Gasteiger partial charge in [0.1, 0.15) is 6.20 Å². The zero-order valence-electron chi connectivity index (χ0n) is 10.7. The maximum Gasteiger partial charge on any atom is 0.345 e. The summed E-state index contributed by atoms with van der Waals surface area (Å²) in [7, 11) is 0. The first-order valence-corrected chi connectivity index (χ1v) is 7.21. The van der Waals surface area contributed by atoms with Gasteiger partial charge in [0.2, 0.25) is 0 Å². The summed E-state index contributed by atoms with van der Waals surface area (Å²) < 4.78 is 0. The van der Waals surface area contributed by atoms with Gasteiger partial charge in [-0.15, -0.1) is 0 Å². The fraction of sp³-hybridized carbons (Fsp3) is 0.308. The van der Waals surface area contributed by atoms with Gasteiger partial charge in [0.05, 0.1) is 4.92 Å². The number of aromatic nitrogens is 1.